The van der Waals surface area contributed by atoms with Gasteiger partial charge in [-0.3, -0.25) is 14.2 Å². The van der Waals surface area contributed by atoms with Gasteiger partial charge in [-0.05, 0) is 23.6 Å². The molecule has 0 fully saturated rings. The van der Waals surface area contributed by atoms with E-state index in [1.165, 1.54) is 10.9 Å². The summed E-state index contributed by atoms with van der Waals surface area (Å²) in [5.74, 6) is -0.0408. The predicted octanol–water partition coefficient (Wildman–Crippen LogP) is 3.66. The van der Waals surface area contributed by atoms with E-state index in [2.05, 4.69) is 10.3 Å². The Labute approximate surface area is 161 Å². The quantitative estimate of drug-likeness (QED) is 0.577. The number of nitrogens with one attached hydrogen (secondary N) is 1. The highest BCUT2D eigenvalue weighted by atomic mass is 16.3. The Morgan fingerprint density at radius 3 is 2.57 bits per heavy atom. The Balaban J connectivity index is 1.60. The van der Waals surface area contributed by atoms with Crippen molar-refractivity contribution in [2.45, 2.75) is 26.4 Å². The van der Waals surface area contributed by atoms with Gasteiger partial charge in [-0.25, -0.2) is 4.98 Å². The molecule has 1 atom stereocenters. The highest BCUT2D eigenvalue weighted by molar-refractivity contribution is 6.01. The molecule has 2 heterocycles. The molecule has 28 heavy (non-hydrogen) atoms. The molecule has 0 saturated carbocycles. The lowest BCUT2D eigenvalue weighted by Crippen LogP contribution is -2.36. The van der Waals surface area contributed by atoms with E-state index in [4.69, 9.17) is 4.42 Å². The van der Waals surface area contributed by atoms with Gasteiger partial charge in [0.15, 0.2) is 0 Å². The summed E-state index contributed by atoms with van der Waals surface area (Å²) in [4.78, 5) is 29.7. The van der Waals surface area contributed by atoms with Crippen LogP contribution in [0.25, 0.3) is 22.1 Å². The van der Waals surface area contributed by atoms with Crippen LogP contribution in [0.1, 0.15) is 25.5 Å². The van der Waals surface area contributed by atoms with Crippen LogP contribution in [0.15, 0.2) is 70.1 Å². The van der Waals surface area contributed by atoms with Gasteiger partial charge >= 0.3 is 0 Å². The van der Waals surface area contributed by atoms with E-state index in [1.54, 1.807) is 6.07 Å². The van der Waals surface area contributed by atoms with Gasteiger partial charge in [0.25, 0.3) is 5.56 Å². The first-order valence-electron chi connectivity index (χ1n) is 9.25. The van der Waals surface area contributed by atoms with Crippen LogP contribution < -0.4 is 10.9 Å². The number of aromatic nitrogens is 2. The monoisotopic (exact) mass is 375 g/mol. The minimum Gasteiger partial charge on any atom is -0.448 e. The third-order valence-electron chi connectivity index (χ3n) is 4.81. The van der Waals surface area contributed by atoms with Gasteiger partial charge in [0.2, 0.25) is 11.5 Å². The molecule has 0 unspecified atom stereocenters. The fourth-order valence-corrected chi connectivity index (χ4v) is 3.40. The first-order valence-corrected chi connectivity index (χ1v) is 9.25. The standard InChI is InChI=1S/C22H21N3O3/c1-14(2)19(15-8-4-3-5-9-15)24-18(26)12-25-13-23-20-16-10-6-7-11-17(16)28-21(20)22(25)27/h3-11,13-14,19H,12H2,1-2H3,(H,24,26)/t19-/m1/s1. The van der Waals surface area contributed by atoms with Crippen LogP contribution in [0.4, 0.5) is 0 Å². The maximum absolute atomic E-state index is 12.8. The van der Waals surface area contributed by atoms with Crippen molar-refractivity contribution in [1.29, 1.82) is 0 Å². The van der Waals surface area contributed by atoms with Gasteiger partial charge in [0.1, 0.15) is 17.6 Å². The third-order valence-corrected chi connectivity index (χ3v) is 4.81. The number of hydrogen-bond donors (Lipinski definition) is 1. The number of amides is 1. The molecule has 0 spiro atoms. The summed E-state index contributed by atoms with van der Waals surface area (Å²) in [5.41, 5.74) is 1.95. The summed E-state index contributed by atoms with van der Waals surface area (Å²) >= 11 is 0. The molecular weight excluding hydrogens is 354 g/mol. The van der Waals surface area contributed by atoms with Crippen LogP contribution in [0, 0.1) is 5.92 Å². The lowest BCUT2D eigenvalue weighted by atomic mass is 9.96. The van der Waals surface area contributed by atoms with Gasteiger partial charge < -0.3 is 9.73 Å². The fraction of sp³-hybridized carbons (Fsp3) is 0.227. The Bertz CT molecular complexity index is 1190. The topological polar surface area (TPSA) is 77.1 Å². The maximum atomic E-state index is 12.8. The molecule has 0 saturated heterocycles. The summed E-state index contributed by atoms with van der Waals surface area (Å²) in [6, 6.07) is 17.0. The molecule has 1 N–H and O–H groups in total. The summed E-state index contributed by atoms with van der Waals surface area (Å²) < 4.78 is 6.95. The van der Waals surface area contributed by atoms with Crippen LogP contribution in [0.2, 0.25) is 0 Å². The zero-order chi connectivity index (χ0) is 19.7. The van der Waals surface area contributed by atoms with E-state index in [0.29, 0.717) is 11.1 Å². The van der Waals surface area contributed by atoms with Gasteiger partial charge in [0, 0.05) is 5.39 Å². The molecule has 4 aromatic rings. The highest BCUT2D eigenvalue weighted by Gasteiger charge is 2.19. The summed E-state index contributed by atoms with van der Waals surface area (Å²) in [6.07, 6.45) is 1.40. The number of furan rings is 1. The second-order valence-electron chi connectivity index (χ2n) is 7.15. The first-order chi connectivity index (χ1) is 13.5. The number of carbonyl (C=O) groups excluding carboxylic acids is 1. The normalized spacial score (nSPS) is 12.5. The maximum Gasteiger partial charge on any atom is 0.297 e. The summed E-state index contributed by atoms with van der Waals surface area (Å²) in [5, 5.41) is 3.81. The minimum atomic E-state index is -0.364. The number of carbonyl (C=O) groups is 1. The van der Waals surface area contributed by atoms with E-state index < -0.39 is 0 Å². The van der Waals surface area contributed by atoms with Crippen molar-refractivity contribution < 1.29 is 9.21 Å². The van der Waals surface area contributed by atoms with E-state index in [1.807, 2.05) is 62.4 Å². The van der Waals surface area contributed by atoms with Crippen LogP contribution in [-0.2, 0) is 11.3 Å². The Kier molecular flexibility index (Phi) is 4.69. The van der Waals surface area contributed by atoms with Crippen molar-refractivity contribution >= 4 is 28.0 Å². The molecule has 142 valence electrons. The number of nitrogens with zero attached hydrogens (tertiary/aromatic N) is 2. The third kappa shape index (κ3) is 3.29. The molecule has 6 heteroatoms. The number of para-hydroxylation sites is 1. The van der Waals surface area contributed by atoms with Crippen LogP contribution in [0.5, 0.6) is 0 Å². The van der Waals surface area contributed by atoms with Crippen molar-refractivity contribution in [2.75, 3.05) is 0 Å². The number of fused-ring (bicyclic) bond motifs is 3. The van der Waals surface area contributed by atoms with Gasteiger partial charge in [0.05, 0.1) is 12.4 Å². The molecule has 2 aromatic heterocycles. The number of hydrogen-bond acceptors (Lipinski definition) is 4. The van der Waals surface area contributed by atoms with Gasteiger partial charge in [-0.1, -0.05) is 56.3 Å². The van der Waals surface area contributed by atoms with Gasteiger partial charge in [-0.15, -0.1) is 0 Å². The highest BCUT2D eigenvalue weighted by Crippen LogP contribution is 2.24. The predicted molar refractivity (Wildman–Crippen MR) is 108 cm³/mol. The molecule has 0 aliphatic rings. The average molecular weight is 375 g/mol. The van der Waals surface area contributed by atoms with Crippen molar-refractivity contribution in [1.82, 2.24) is 14.9 Å². The van der Waals surface area contributed by atoms with Gasteiger partial charge in [-0.2, -0.15) is 0 Å². The van der Waals surface area contributed by atoms with Crippen LogP contribution in [-0.4, -0.2) is 15.5 Å². The Morgan fingerprint density at radius 2 is 1.82 bits per heavy atom. The molecule has 6 nitrogen and oxygen atoms in total. The smallest absolute Gasteiger partial charge is 0.297 e. The zero-order valence-electron chi connectivity index (χ0n) is 15.8. The van der Waals surface area contributed by atoms with E-state index in [-0.39, 0.29) is 35.6 Å². The fourth-order valence-electron chi connectivity index (χ4n) is 3.40. The molecule has 0 radical (unpaired) electrons. The SMILES string of the molecule is CC(C)[C@@H](NC(=O)Cn1cnc2c(oc3ccccc32)c1=O)c1ccccc1. The zero-order valence-corrected chi connectivity index (χ0v) is 15.8. The molecule has 4 rings (SSSR count). The summed E-state index contributed by atoms with van der Waals surface area (Å²) in [7, 11) is 0. The summed E-state index contributed by atoms with van der Waals surface area (Å²) in [6.45, 7) is 3.98. The number of rotatable bonds is 5. The van der Waals surface area contributed by atoms with E-state index >= 15 is 0 Å². The first kappa shape index (κ1) is 18.0. The molecule has 0 bridgehead atoms. The molecule has 0 aliphatic carbocycles. The second-order valence-corrected chi connectivity index (χ2v) is 7.15. The lowest BCUT2D eigenvalue weighted by molar-refractivity contribution is -0.122. The lowest BCUT2D eigenvalue weighted by Gasteiger charge is -2.23. The largest absolute Gasteiger partial charge is 0.448 e. The second kappa shape index (κ2) is 7.31. The number of benzene rings is 2. The van der Waals surface area contributed by atoms with Crippen LogP contribution >= 0.6 is 0 Å². The van der Waals surface area contributed by atoms with E-state index in [0.717, 1.165) is 10.9 Å². The Morgan fingerprint density at radius 1 is 1.11 bits per heavy atom. The Hall–Kier alpha value is -3.41. The van der Waals surface area contributed by atoms with Crippen molar-refractivity contribution in [3.63, 3.8) is 0 Å². The molecule has 2 aromatic carbocycles. The molecule has 0 aliphatic heterocycles. The molecule has 1 amide bonds. The van der Waals surface area contributed by atoms with Crippen molar-refractivity contribution in [2.24, 2.45) is 5.92 Å². The minimum absolute atomic E-state index is 0.116. The average Bonchev–Trinajstić information content (AvgIpc) is 3.08. The van der Waals surface area contributed by atoms with Crippen molar-refractivity contribution in [3.05, 3.63) is 76.8 Å². The van der Waals surface area contributed by atoms with Crippen molar-refractivity contribution in [3.8, 4) is 0 Å². The van der Waals surface area contributed by atoms with E-state index in [9.17, 15) is 9.59 Å². The molecular formula is C22H21N3O3. The van der Waals surface area contributed by atoms with Crippen LogP contribution in [0.3, 0.4) is 0 Å².